The SMILES string of the molecule is N[C@@H](CCC(=O)O)C(=O)OP(=O)(O)O. The molecule has 9 heteroatoms. The molecule has 0 aliphatic heterocycles. The monoisotopic (exact) mass is 227 g/mol. The van der Waals surface area contributed by atoms with E-state index >= 15 is 0 Å². The number of carbonyl (C=O) groups excluding carboxylic acids is 1. The van der Waals surface area contributed by atoms with Gasteiger partial charge in [-0.25, -0.2) is 9.36 Å². The fourth-order valence-electron chi connectivity index (χ4n) is 0.582. The Hall–Kier alpha value is -0.950. The van der Waals surface area contributed by atoms with E-state index < -0.39 is 25.8 Å². The summed E-state index contributed by atoms with van der Waals surface area (Å²) in [6, 6.07) is -1.35. The van der Waals surface area contributed by atoms with Crippen molar-refractivity contribution in [1.82, 2.24) is 0 Å². The predicted molar refractivity (Wildman–Crippen MR) is 43.0 cm³/mol. The van der Waals surface area contributed by atoms with Crippen molar-refractivity contribution in [3.8, 4) is 0 Å². The van der Waals surface area contributed by atoms with Crippen LogP contribution in [0.2, 0.25) is 0 Å². The van der Waals surface area contributed by atoms with Crippen molar-refractivity contribution in [1.29, 1.82) is 0 Å². The molecular formula is C5H10NO7P. The highest BCUT2D eigenvalue weighted by Gasteiger charge is 2.25. The van der Waals surface area contributed by atoms with Gasteiger partial charge in [-0.15, -0.1) is 0 Å². The molecule has 8 nitrogen and oxygen atoms in total. The zero-order valence-corrected chi connectivity index (χ0v) is 7.89. The summed E-state index contributed by atoms with van der Waals surface area (Å²) in [6.07, 6.45) is -0.619. The first-order chi connectivity index (χ1) is 6.22. The van der Waals surface area contributed by atoms with Crippen LogP contribution in [0.4, 0.5) is 0 Å². The molecule has 0 fully saturated rings. The Kier molecular flexibility index (Phi) is 4.72. The van der Waals surface area contributed by atoms with Gasteiger partial charge < -0.3 is 15.4 Å². The van der Waals surface area contributed by atoms with Crippen LogP contribution in [0.3, 0.4) is 0 Å². The Balaban J connectivity index is 4.01. The summed E-state index contributed by atoms with van der Waals surface area (Å²) in [7, 11) is -4.90. The minimum absolute atomic E-state index is 0.242. The van der Waals surface area contributed by atoms with Gasteiger partial charge in [0, 0.05) is 6.42 Å². The van der Waals surface area contributed by atoms with Gasteiger partial charge in [0.15, 0.2) is 0 Å². The molecule has 0 aromatic rings. The number of carboxylic acid groups (broad SMARTS) is 1. The van der Waals surface area contributed by atoms with E-state index in [1.807, 2.05) is 0 Å². The minimum Gasteiger partial charge on any atom is -0.481 e. The number of carboxylic acids is 1. The number of nitrogens with two attached hydrogens (primary N) is 1. The van der Waals surface area contributed by atoms with Crippen LogP contribution in [0.25, 0.3) is 0 Å². The molecule has 0 aliphatic rings. The largest absolute Gasteiger partial charge is 0.527 e. The maximum atomic E-state index is 10.7. The summed E-state index contributed by atoms with van der Waals surface area (Å²) in [5.74, 6) is -2.48. The fourth-order valence-corrected chi connectivity index (χ4v) is 0.952. The van der Waals surface area contributed by atoms with Gasteiger partial charge in [0.25, 0.3) is 0 Å². The number of aliphatic carboxylic acids is 1. The van der Waals surface area contributed by atoms with Crippen molar-refractivity contribution in [2.45, 2.75) is 18.9 Å². The summed E-state index contributed by atoms with van der Waals surface area (Å²) in [4.78, 5) is 37.2. The molecule has 0 radical (unpaired) electrons. The Morgan fingerprint density at radius 3 is 2.29 bits per heavy atom. The molecule has 0 aliphatic carbocycles. The van der Waals surface area contributed by atoms with Crippen LogP contribution >= 0.6 is 7.82 Å². The van der Waals surface area contributed by atoms with Crippen LogP contribution in [0.5, 0.6) is 0 Å². The second kappa shape index (κ2) is 5.06. The van der Waals surface area contributed by atoms with Gasteiger partial charge in [-0.3, -0.25) is 14.6 Å². The molecule has 0 amide bonds. The molecular weight excluding hydrogens is 217 g/mol. The molecule has 0 heterocycles. The zero-order valence-electron chi connectivity index (χ0n) is 6.99. The van der Waals surface area contributed by atoms with E-state index in [-0.39, 0.29) is 12.8 Å². The Morgan fingerprint density at radius 1 is 1.43 bits per heavy atom. The summed E-state index contributed by atoms with van der Waals surface area (Å²) in [5.41, 5.74) is 5.09. The number of hydrogen-bond donors (Lipinski definition) is 4. The van der Waals surface area contributed by atoms with E-state index in [4.69, 9.17) is 20.6 Å². The van der Waals surface area contributed by atoms with Gasteiger partial charge in [-0.05, 0) is 6.42 Å². The highest BCUT2D eigenvalue weighted by molar-refractivity contribution is 7.46. The van der Waals surface area contributed by atoms with Gasteiger partial charge in [0.2, 0.25) is 0 Å². The summed E-state index contributed by atoms with van der Waals surface area (Å²) in [6.45, 7) is 0. The first-order valence-electron chi connectivity index (χ1n) is 3.48. The fraction of sp³-hybridized carbons (Fsp3) is 0.600. The van der Waals surface area contributed by atoms with Crippen LogP contribution in [0.1, 0.15) is 12.8 Å². The van der Waals surface area contributed by atoms with E-state index in [1.54, 1.807) is 0 Å². The number of carbonyl (C=O) groups is 2. The highest BCUT2D eigenvalue weighted by Crippen LogP contribution is 2.36. The zero-order chi connectivity index (χ0) is 11.4. The second-order valence-electron chi connectivity index (χ2n) is 2.44. The van der Waals surface area contributed by atoms with Crippen LogP contribution < -0.4 is 5.73 Å². The van der Waals surface area contributed by atoms with Gasteiger partial charge in [-0.1, -0.05) is 0 Å². The molecule has 5 N–H and O–H groups in total. The summed E-state index contributed by atoms with van der Waals surface area (Å²) < 4.78 is 13.8. The first kappa shape index (κ1) is 13.1. The normalized spacial score (nSPS) is 13.4. The Labute approximate surface area is 78.9 Å². The second-order valence-corrected chi connectivity index (χ2v) is 3.60. The van der Waals surface area contributed by atoms with Crippen molar-refractivity contribution >= 4 is 19.8 Å². The third kappa shape index (κ3) is 6.55. The molecule has 0 bridgehead atoms. The van der Waals surface area contributed by atoms with E-state index in [1.165, 1.54) is 0 Å². The minimum atomic E-state index is -4.90. The average Bonchev–Trinajstić information content (AvgIpc) is 1.96. The summed E-state index contributed by atoms with van der Waals surface area (Å²) in [5, 5.41) is 8.22. The molecule has 0 saturated heterocycles. The van der Waals surface area contributed by atoms with Gasteiger partial charge >= 0.3 is 19.8 Å². The van der Waals surface area contributed by atoms with Crippen LogP contribution in [0.15, 0.2) is 0 Å². The number of phosphoric acid groups is 1. The van der Waals surface area contributed by atoms with Crippen LogP contribution in [0, 0.1) is 0 Å². The van der Waals surface area contributed by atoms with Crippen molar-refractivity contribution in [2.75, 3.05) is 0 Å². The standard InChI is InChI=1S/C5H10NO7P/c6-3(1-2-4(7)8)5(9)13-14(10,11)12/h3H,1-2,6H2,(H,7,8)(H2,10,11,12)/t3-/m0/s1. The Bertz CT molecular complexity index is 271. The molecule has 0 aromatic carbocycles. The number of phosphoric ester groups is 1. The molecule has 82 valence electrons. The van der Waals surface area contributed by atoms with Gasteiger partial charge in [-0.2, -0.15) is 0 Å². The van der Waals surface area contributed by atoms with Crippen molar-refractivity contribution < 1.29 is 33.6 Å². The van der Waals surface area contributed by atoms with Crippen LogP contribution in [-0.4, -0.2) is 32.9 Å². The molecule has 0 rings (SSSR count). The smallest absolute Gasteiger partial charge is 0.481 e. The predicted octanol–water partition coefficient (Wildman–Crippen LogP) is -1.19. The molecule has 1 atom stereocenters. The third-order valence-corrected chi connectivity index (χ3v) is 1.60. The topological polar surface area (TPSA) is 147 Å². The lowest BCUT2D eigenvalue weighted by Crippen LogP contribution is -2.32. The highest BCUT2D eigenvalue weighted by atomic mass is 31.2. The van der Waals surface area contributed by atoms with Crippen molar-refractivity contribution in [3.63, 3.8) is 0 Å². The van der Waals surface area contributed by atoms with E-state index in [0.29, 0.717) is 0 Å². The maximum Gasteiger partial charge on any atom is 0.527 e. The van der Waals surface area contributed by atoms with Crippen molar-refractivity contribution in [2.24, 2.45) is 5.73 Å². The summed E-state index contributed by atoms with van der Waals surface area (Å²) >= 11 is 0. The van der Waals surface area contributed by atoms with E-state index in [2.05, 4.69) is 4.52 Å². The first-order valence-corrected chi connectivity index (χ1v) is 5.02. The molecule has 0 aromatic heterocycles. The lowest BCUT2D eigenvalue weighted by molar-refractivity contribution is -0.138. The Morgan fingerprint density at radius 2 is 1.93 bits per heavy atom. The third-order valence-electron chi connectivity index (χ3n) is 1.18. The van der Waals surface area contributed by atoms with Crippen molar-refractivity contribution in [3.05, 3.63) is 0 Å². The molecule has 0 unspecified atom stereocenters. The maximum absolute atomic E-state index is 10.7. The molecule has 0 saturated carbocycles. The lowest BCUT2D eigenvalue weighted by Gasteiger charge is -2.10. The van der Waals surface area contributed by atoms with Crippen LogP contribution in [-0.2, 0) is 18.7 Å². The molecule has 14 heavy (non-hydrogen) atoms. The van der Waals surface area contributed by atoms with Gasteiger partial charge in [0.05, 0.1) is 0 Å². The van der Waals surface area contributed by atoms with E-state index in [9.17, 15) is 14.2 Å². The number of rotatable bonds is 5. The quantitative estimate of drug-likeness (QED) is 0.428. The van der Waals surface area contributed by atoms with E-state index in [0.717, 1.165) is 0 Å². The molecule has 0 spiro atoms. The number of hydrogen-bond acceptors (Lipinski definition) is 5. The van der Waals surface area contributed by atoms with Gasteiger partial charge in [0.1, 0.15) is 6.04 Å². The average molecular weight is 227 g/mol. The lowest BCUT2D eigenvalue weighted by atomic mass is 10.2.